The Balaban J connectivity index is 2.56. The molecule has 0 radical (unpaired) electrons. The summed E-state index contributed by atoms with van der Waals surface area (Å²) in [5.41, 5.74) is 6.53. The van der Waals surface area contributed by atoms with Gasteiger partial charge in [-0.1, -0.05) is 0 Å². The molecule has 72 valence electrons. The van der Waals surface area contributed by atoms with Crippen LogP contribution in [0.25, 0.3) is 0 Å². The number of rotatable bonds is 4. The van der Waals surface area contributed by atoms with Gasteiger partial charge in [-0.05, 0) is 47.4 Å². The summed E-state index contributed by atoms with van der Waals surface area (Å²) in [5, 5.41) is 3.23. The van der Waals surface area contributed by atoms with Crippen LogP contribution in [0.4, 0.5) is 5.82 Å². The van der Waals surface area contributed by atoms with Crippen molar-refractivity contribution in [2.24, 2.45) is 5.73 Å². The quantitative estimate of drug-likeness (QED) is 0.795. The third-order valence-electron chi connectivity index (χ3n) is 1.72. The maximum absolute atomic E-state index is 5.39. The highest BCUT2D eigenvalue weighted by atomic mass is 79.9. The number of nitrogens with zero attached hydrogens (tertiary/aromatic N) is 1. The summed E-state index contributed by atoms with van der Waals surface area (Å²) < 4.78 is 1.01. The Morgan fingerprint density at radius 1 is 1.62 bits per heavy atom. The number of anilines is 1. The Labute approximate surface area is 86.9 Å². The second-order valence-corrected chi connectivity index (χ2v) is 3.80. The minimum Gasteiger partial charge on any atom is -0.370 e. The van der Waals surface area contributed by atoms with E-state index in [-0.39, 0.29) is 0 Å². The molecule has 0 aliphatic heterocycles. The van der Waals surface area contributed by atoms with E-state index in [1.54, 1.807) is 6.20 Å². The molecule has 0 bridgehead atoms. The number of hydrogen-bond donors (Lipinski definition) is 2. The highest BCUT2D eigenvalue weighted by molar-refractivity contribution is 9.10. The number of aromatic nitrogens is 1. The molecule has 1 rings (SSSR count). The molecule has 0 aliphatic rings. The van der Waals surface area contributed by atoms with Crippen molar-refractivity contribution in [3.05, 3.63) is 22.3 Å². The van der Waals surface area contributed by atoms with Crippen LogP contribution in [0.3, 0.4) is 0 Å². The minimum atomic E-state index is 0.711. The summed E-state index contributed by atoms with van der Waals surface area (Å²) in [7, 11) is 0. The lowest BCUT2D eigenvalue weighted by Gasteiger charge is -2.07. The lowest BCUT2D eigenvalue weighted by Crippen LogP contribution is -2.10. The molecule has 1 heterocycles. The van der Waals surface area contributed by atoms with Crippen molar-refractivity contribution >= 4 is 21.7 Å². The van der Waals surface area contributed by atoms with Gasteiger partial charge in [-0.3, -0.25) is 0 Å². The molecular weight excluding hydrogens is 230 g/mol. The van der Waals surface area contributed by atoms with Crippen LogP contribution in [0.15, 0.2) is 16.7 Å². The zero-order chi connectivity index (χ0) is 9.68. The number of nitrogens with one attached hydrogen (secondary N) is 1. The third kappa shape index (κ3) is 3.32. The number of hydrogen-bond acceptors (Lipinski definition) is 3. The predicted molar refractivity (Wildman–Crippen MR) is 58.8 cm³/mol. The summed E-state index contributed by atoms with van der Waals surface area (Å²) >= 11 is 3.37. The molecule has 0 unspecified atom stereocenters. The molecule has 3 nitrogen and oxygen atoms in total. The smallest absolute Gasteiger partial charge is 0.128 e. The van der Waals surface area contributed by atoms with E-state index in [2.05, 4.69) is 26.2 Å². The zero-order valence-electron chi connectivity index (χ0n) is 7.68. The van der Waals surface area contributed by atoms with Crippen molar-refractivity contribution in [3.63, 3.8) is 0 Å². The van der Waals surface area contributed by atoms with Crippen LogP contribution in [-0.2, 0) is 0 Å². The van der Waals surface area contributed by atoms with Gasteiger partial charge in [0, 0.05) is 17.2 Å². The van der Waals surface area contributed by atoms with Crippen LogP contribution in [0.1, 0.15) is 12.0 Å². The Morgan fingerprint density at radius 3 is 3.00 bits per heavy atom. The maximum Gasteiger partial charge on any atom is 0.128 e. The molecule has 0 aliphatic carbocycles. The fourth-order valence-electron chi connectivity index (χ4n) is 1.03. The molecule has 13 heavy (non-hydrogen) atoms. The van der Waals surface area contributed by atoms with Crippen LogP contribution in [0.5, 0.6) is 0 Å². The van der Waals surface area contributed by atoms with E-state index < -0.39 is 0 Å². The molecule has 0 saturated carbocycles. The number of nitrogens with two attached hydrogens (primary N) is 1. The topological polar surface area (TPSA) is 50.9 Å². The fourth-order valence-corrected chi connectivity index (χ4v) is 1.48. The van der Waals surface area contributed by atoms with Crippen LogP contribution < -0.4 is 11.1 Å². The molecule has 0 spiro atoms. The lowest BCUT2D eigenvalue weighted by molar-refractivity contribution is 0.868. The second-order valence-electron chi connectivity index (χ2n) is 2.89. The van der Waals surface area contributed by atoms with Crippen LogP contribution in [0.2, 0.25) is 0 Å². The summed E-state index contributed by atoms with van der Waals surface area (Å²) in [5.74, 6) is 0.941. The van der Waals surface area contributed by atoms with Crippen molar-refractivity contribution in [2.75, 3.05) is 18.4 Å². The first-order chi connectivity index (χ1) is 6.24. The fraction of sp³-hybridized carbons (Fsp3) is 0.444. The highest BCUT2D eigenvalue weighted by Gasteiger charge is 1.98. The van der Waals surface area contributed by atoms with Gasteiger partial charge < -0.3 is 11.1 Å². The number of aryl methyl sites for hydroxylation is 1. The first-order valence-corrected chi connectivity index (χ1v) is 5.09. The molecule has 1 aromatic rings. The Morgan fingerprint density at radius 2 is 2.38 bits per heavy atom. The molecule has 0 amide bonds. The van der Waals surface area contributed by atoms with E-state index in [0.29, 0.717) is 6.54 Å². The van der Waals surface area contributed by atoms with E-state index >= 15 is 0 Å². The average Bonchev–Trinajstić information content (AvgIpc) is 2.09. The molecule has 3 N–H and O–H groups in total. The van der Waals surface area contributed by atoms with Gasteiger partial charge in [0.2, 0.25) is 0 Å². The lowest BCUT2D eigenvalue weighted by atomic mass is 10.3. The van der Waals surface area contributed by atoms with Crippen molar-refractivity contribution in [1.82, 2.24) is 4.98 Å². The van der Waals surface area contributed by atoms with Crippen molar-refractivity contribution < 1.29 is 0 Å². The number of pyridine rings is 1. The Kier molecular flexibility index (Phi) is 4.18. The normalized spacial score (nSPS) is 10.1. The van der Waals surface area contributed by atoms with Gasteiger partial charge >= 0.3 is 0 Å². The van der Waals surface area contributed by atoms with E-state index in [9.17, 15) is 0 Å². The molecule has 0 fully saturated rings. The zero-order valence-corrected chi connectivity index (χ0v) is 9.26. The Bertz CT molecular complexity index is 276. The van der Waals surface area contributed by atoms with E-state index in [1.165, 1.54) is 0 Å². The predicted octanol–water partition coefficient (Wildman–Crippen LogP) is 1.91. The van der Waals surface area contributed by atoms with Crippen LogP contribution in [0, 0.1) is 6.92 Å². The van der Waals surface area contributed by atoms with Crippen molar-refractivity contribution in [1.29, 1.82) is 0 Å². The Hall–Kier alpha value is -0.610. The van der Waals surface area contributed by atoms with E-state index in [0.717, 1.165) is 28.8 Å². The van der Waals surface area contributed by atoms with Crippen LogP contribution >= 0.6 is 15.9 Å². The largest absolute Gasteiger partial charge is 0.370 e. The SMILES string of the molecule is Cc1cc(Br)cnc1NCCCN. The van der Waals surface area contributed by atoms with Gasteiger partial charge in [-0.15, -0.1) is 0 Å². The van der Waals surface area contributed by atoms with Crippen molar-refractivity contribution in [3.8, 4) is 0 Å². The first kappa shape index (κ1) is 10.5. The molecule has 4 heteroatoms. The average molecular weight is 244 g/mol. The highest BCUT2D eigenvalue weighted by Crippen LogP contribution is 2.16. The van der Waals surface area contributed by atoms with Gasteiger partial charge in [0.25, 0.3) is 0 Å². The molecule has 0 aromatic carbocycles. The third-order valence-corrected chi connectivity index (χ3v) is 2.15. The van der Waals surface area contributed by atoms with Gasteiger partial charge in [-0.2, -0.15) is 0 Å². The molecule has 0 atom stereocenters. The van der Waals surface area contributed by atoms with Crippen molar-refractivity contribution in [2.45, 2.75) is 13.3 Å². The summed E-state index contributed by atoms with van der Waals surface area (Å²) in [6, 6.07) is 2.04. The molecule has 1 aromatic heterocycles. The molecule has 0 saturated heterocycles. The summed E-state index contributed by atoms with van der Waals surface area (Å²) in [6.45, 7) is 3.62. The van der Waals surface area contributed by atoms with Gasteiger partial charge in [0.05, 0.1) is 0 Å². The monoisotopic (exact) mass is 243 g/mol. The standard InChI is InChI=1S/C9H14BrN3/c1-7-5-8(10)6-13-9(7)12-4-2-3-11/h5-6H,2-4,11H2,1H3,(H,12,13). The molecular formula is C9H14BrN3. The van der Waals surface area contributed by atoms with Crippen LogP contribution in [-0.4, -0.2) is 18.1 Å². The first-order valence-electron chi connectivity index (χ1n) is 4.30. The minimum absolute atomic E-state index is 0.711. The summed E-state index contributed by atoms with van der Waals surface area (Å²) in [4.78, 5) is 4.25. The van der Waals surface area contributed by atoms with E-state index in [4.69, 9.17) is 5.73 Å². The van der Waals surface area contributed by atoms with Gasteiger partial charge in [-0.25, -0.2) is 4.98 Å². The maximum atomic E-state index is 5.39. The number of halogens is 1. The second kappa shape index (κ2) is 5.19. The van der Waals surface area contributed by atoms with E-state index in [1.807, 2.05) is 13.0 Å². The van der Waals surface area contributed by atoms with Gasteiger partial charge in [0.1, 0.15) is 5.82 Å². The summed E-state index contributed by atoms with van der Waals surface area (Å²) in [6.07, 6.45) is 2.76. The van der Waals surface area contributed by atoms with Gasteiger partial charge in [0.15, 0.2) is 0 Å².